The molecule has 0 unspecified atom stereocenters. The summed E-state index contributed by atoms with van der Waals surface area (Å²) in [5.74, 6) is -1.14. The first-order valence-electron chi connectivity index (χ1n) is 7.65. The highest BCUT2D eigenvalue weighted by atomic mass is 19.4. The third-order valence-electron chi connectivity index (χ3n) is 4.88. The summed E-state index contributed by atoms with van der Waals surface area (Å²) < 4.78 is 38.1. The molecule has 2 aliphatic rings. The van der Waals surface area contributed by atoms with Crippen molar-refractivity contribution in [2.24, 2.45) is 11.7 Å². The van der Waals surface area contributed by atoms with Crippen LogP contribution >= 0.6 is 0 Å². The molecular weight excluding hydrogens is 265 g/mol. The molecule has 2 aliphatic carbocycles. The predicted molar refractivity (Wildman–Crippen MR) is 74.4 cm³/mol. The van der Waals surface area contributed by atoms with Gasteiger partial charge in [0.1, 0.15) is 0 Å². The van der Waals surface area contributed by atoms with E-state index in [1.807, 2.05) is 0 Å². The van der Waals surface area contributed by atoms with Crippen LogP contribution in [0.3, 0.4) is 0 Å². The molecular formula is C15H25F3N2. The fourth-order valence-corrected chi connectivity index (χ4v) is 3.40. The predicted octanol–water partition coefficient (Wildman–Crippen LogP) is 3.53. The maximum Gasteiger partial charge on any atom is 0.391 e. The van der Waals surface area contributed by atoms with Gasteiger partial charge in [-0.15, -0.1) is 0 Å². The van der Waals surface area contributed by atoms with E-state index in [0.717, 1.165) is 13.0 Å². The molecule has 1 saturated carbocycles. The van der Waals surface area contributed by atoms with E-state index < -0.39 is 12.1 Å². The second-order valence-electron chi connectivity index (χ2n) is 6.23. The minimum Gasteiger partial charge on any atom is -0.329 e. The summed E-state index contributed by atoms with van der Waals surface area (Å²) in [7, 11) is 0. The molecule has 2 nitrogen and oxygen atoms in total. The molecule has 5 heteroatoms. The fourth-order valence-electron chi connectivity index (χ4n) is 3.40. The van der Waals surface area contributed by atoms with Crippen LogP contribution in [-0.4, -0.2) is 24.8 Å². The van der Waals surface area contributed by atoms with Crippen molar-refractivity contribution in [3.05, 3.63) is 11.6 Å². The lowest BCUT2D eigenvalue weighted by Gasteiger charge is -2.41. The standard InChI is InChI=1S/C15H25F3N2/c16-15(17,18)13-5-8-14(11-19,9-6-13)20-10-7-12-3-1-2-4-12/h3,13,20H,1-2,4-11,19H2. The van der Waals surface area contributed by atoms with Crippen molar-refractivity contribution in [3.8, 4) is 0 Å². The van der Waals surface area contributed by atoms with Gasteiger partial charge in [0.25, 0.3) is 0 Å². The summed E-state index contributed by atoms with van der Waals surface area (Å²) in [6.07, 6.45) is 4.31. The van der Waals surface area contributed by atoms with Crippen LogP contribution in [0.15, 0.2) is 11.6 Å². The van der Waals surface area contributed by atoms with Crippen molar-refractivity contribution in [2.45, 2.75) is 63.1 Å². The topological polar surface area (TPSA) is 38.0 Å². The first-order chi connectivity index (χ1) is 9.45. The highest BCUT2D eigenvalue weighted by Crippen LogP contribution is 2.40. The second-order valence-corrected chi connectivity index (χ2v) is 6.23. The molecule has 0 radical (unpaired) electrons. The molecule has 0 aromatic heterocycles. The molecule has 0 aromatic rings. The normalized spacial score (nSPS) is 31.4. The molecule has 0 aromatic carbocycles. The van der Waals surface area contributed by atoms with Gasteiger partial charge in [-0.3, -0.25) is 0 Å². The lowest BCUT2D eigenvalue weighted by atomic mass is 9.76. The summed E-state index contributed by atoms with van der Waals surface area (Å²) in [6.45, 7) is 1.26. The Balaban J connectivity index is 1.79. The Morgan fingerprint density at radius 1 is 1.30 bits per heavy atom. The Hall–Kier alpha value is -0.550. The zero-order valence-corrected chi connectivity index (χ0v) is 11.9. The van der Waals surface area contributed by atoms with Gasteiger partial charge in [0.05, 0.1) is 5.92 Å². The highest BCUT2D eigenvalue weighted by molar-refractivity contribution is 5.08. The number of allylic oxidation sites excluding steroid dienone is 1. The average molecular weight is 290 g/mol. The molecule has 0 amide bonds. The van der Waals surface area contributed by atoms with Crippen LogP contribution in [0.5, 0.6) is 0 Å². The van der Waals surface area contributed by atoms with Crippen LogP contribution in [0.25, 0.3) is 0 Å². The van der Waals surface area contributed by atoms with Crippen LogP contribution in [0, 0.1) is 5.92 Å². The monoisotopic (exact) mass is 290 g/mol. The Labute approximate surface area is 119 Å². The second kappa shape index (κ2) is 6.48. The summed E-state index contributed by atoms with van der Waals surface area (Å²) in [6, 6.07) is 0. The van der Waals surface area contributed by atoms with E-state index in [2.05, 4.69) is 11.4 Å². The highest BCUT2D eigenvalue weighted by Gasteiger charge is 2.45. The number of nitrogens with two attached hydrogens (primary N) is 1. The molecule has 0 heterocycles. The minimum absolute atomic E-state index is 0.205. The van der Waals surface area contributed by atoms with E-state index in [1.54, 1.807) is 0 Å². The van der Waals surface area contributed by atoms with E-state index in [0.29, 0.717) is 19.4 Å². The molecule has 2 rings (SSSR count). The first-order valence-corrected chi connectivity index (χ1v) is 7.65. The number of hydrogen-bond acceptors (Lipinski definition) is 2. The number of alkyl halides is 3. The first kappa shape index (κ1) is 15.8. The van der Waals surface area contributed by atoms with E-state index >= 15 is 0 Å². The molecule has 3 N–H and O–H groups in total. The molecule has 0 atom stereocenters. The SMILES string of the molecule is NCC1(NCCC2=CCCC2)CCC(C(F)(F)F)CC1. The van der Waals surface area contributed by atoms with Crippen LogP contribution in [-0.2, 0) is 0 Å². The van der Waals surface area contributed by atoms with E-state index in [1.165, 1.54) is 24.8 Å². The molecule has 0 saturated heterocycles. The van der Waals surface area contributed by atoms with Gasteiger partial charge in [-0.05, 0) is 57.9 Å². The number of rotatable bonds is 5. The molecule has 1 fully saturated rings. The Morgan fingerprint density at radius 2 is 2.00 bits per heavy atom. The molecule has 116 valence electrons. The summed E-state index contributed by atoms with van der Waals surface area (Å²) in [5.41, 5.74) is 7.03. The maximum atomic E-state index is 12.7. The van der Waals surface area contributed by atoms with E-state index in [9.17, 15) is 13.2 Å². The van der Waals surface area contributed by atoms with Crippen LogP contribution in [0.4, 0.5) is 13.2 Å². The Morgan fingerprint density at radius 3 is 2.50 bits per heavy atom. The quantitative estimate of drug-likeness (QED) is 0.760. The molecule has 0 bridgehead atoms. The number of nitrogens with one attached hydrogen (secondary N) is 1. The van der Waals surface area contributed by atoms with Gasteiger partial charge in [-0.1, -0.05) is 11.6 Å². The smallest absolute Gasteiger partial charge is 0.329 e. The zero-order valence-electron chi connectivity index (χ0n) is 11.9. The van der Waals surface area contributed by atoms with Gasteiger partial charge >= 0.3 is 6.18 Å². The number of hydrogen-bond donors (Lipinski definition) is 2. The average Bonchev–Trinajstić information content (AvgIpc) is 2.91. The van der Waals surface area contributed by atoms with Crippen LogP contribution < -0.4 is 11.1 Å². The van der Waals surface area contributed by atoms with Crippen molar-refractivity contribution < 1.29 is 13.2 Å². The maximum absolute atomic E-state index is 12.7. The van der Waals surface area contributed by atoms with Gasteiger partial charge < -0.3 is 11.1 Å². The van der Waals surface area contributed by atoms with Gasteiger partial charge in [0, 0.05) is 12.1 Å². The lowest BCUT2D eigenvalue weighted by Crippen LogP contribution is -2.54. The van der Waals surface area contributed by atoms with Gasteiger partial charge in [0.15, 0.2) is 0 Å². The van der Waals surface area contributed by atoms with Crippen molar-refractivity contribution in [3.63, 3.8) is 0 Å². The lowest BCUT2D eigenvalue weighted by molar-refractivity contribution is -0.185. The van der Waals surface area contributed by atoms with E-state index in [-0.39, 0.29) is 18.4 Å². The van der Waals surface area contributed by atoms with Crippen molar-refractivity contribution >= 4 is 0 Å². The van der Waals surface area contributed by atoms with Gasteiger partial charge in [-0.2, -0.15) is 13.2 Å². The van der Waals surface area contributed by atoms with Crippen molar-refractivity contribution in [1.82, 2.24) is 5.32 Å². The zero-order chi connectivity index (χ0) is 14.6. The Bertz CT molecular complexity index is 342. The van der Waals surface area contributed by atoms with E-state index in [4.69, 9.17) is 5.73 Å². The van der Waals surface area contributed by atoms with Crippen molar-refractivity contribution in [1.29, 1.82) is 0 Å². The molecule has 0 spiro atoms. The third-order valence-corrected chi connectivity index (χ3v) is 4.88. The van der Waals surface area contributed by atoms with Crippen molar-refractivity contribution in [2.75, 3.05) is 13.1 Å². The largest absolute Gasteiger partial charge is 0.391 e. The molecule has 20 heavy (non-hydrogen) atoms. The van der Waals surface area contributed by atoms with Gasteiger partial charge in [-0.25, -0.2) is 0 Å². The Kier molecular flexibility index (Phi) is 5.13. The minimum atomic E-state index is -4.05. The summed E-state index contributed by atoms with van der Waals surface area (Å²) in [4.78, 5) is 0. The number of halogens is 3. The van der Waals surface area contributed by atoms with Gasteiger partial charge in [0.2, 0.25) is 0 Å². The van der Waals surface area contributed by atoms with Crippen LogP contribution in [0.1, 0.15) is 51.4 Å². The third kappa shape index (κ3) is 3.98. The summed E-state index contributed by atoms with van der Waals surface area (Å²) in [5, 5.41) is 3.45. The summed E-state index contributed by atoms with van der Waals surface area (Å²) >= 11 is 0. The molecule has 0 aliphatic heterocycles. The van der Waals surface area contributed by atoms with Crippen LogP contribution in [0.2, 0.25) is 0 Å². The fraction of sp³-hybridized carbons (Fsp3) is 0.867.